The monoisotopic (exact) mass is 447 g/mol. The number of para-hydroxylation sites is 1. The zero-order valence-corrected chi connectivity index (χ0v) is 19.0. The fraction of sp³-hybridized carbons (Fsp3) is 0.455. The normalized spacial score (nSPS) is 14.9. The molecule has 1 aliphatic rings. The number of aryl methyl sites for hydroxylation is 1. The molecule has 8 nitrogen and oxygen atoms in total. The third kappa shape index (κ3) is 6.10. The molecule has 168 valence electrons. The number of hydrogen-bond donors (Lipinski definition) is 0. The zero-order chi connectivity index (χ0) is 22.4. The fourth-order valence-electron chi connectivity index (χ4n) is 3.52. The molecular weight excluding hydrogens is 418 g/mol. The van der Waals surface area contributed by atoms with Crippen LogP contribution in [0, 0.1) is 0 Å². The standard InChI is InChI=1S/C22H29N3O5S/c1-24(31(3,27)28)18-9-10-21(23-16-18)30-19-12-14-25(15-13-19)22(26)11-8-17-6-4-5-7-20(17)29-2/h4-7,9-10,16,19H,8,11-15H2,1-3H3. The Morgan fingerprint density at radius 2 is 1.90 bits per heavy atom. The Kier molecular flexibility index (Phi) is 7.37. The molecule has 0 atom stereocenters. The number of anilines is 1. The molecule has 0 spiro atoms. The summed E-state index contributed by atoms with van der Waals surface area (Å²) in [6, 6.07) is 11.1. The summed E-state index contributed by atoms with van der Waals surface area (Å²) in [4.78, 5) is 18.7. The van der Waals surface area contributed by atoms with Gasteiger partial charge in [0.05, 0.1) is 25.2 Å². The summed E-state index contributed by atoms with van der Waals surface area (Å²) in [5.74, 6) is 1.39. The lowest BCUT2D eigenvalue weighted by Gasteiger charge is -2.32. The molecule has 2 aromatic rings. The van der Waals surface area contributed by atoms with E-state index < -0.39 is 10.0 Å². The summed E-state index contributed by atoms with van der Waals surface area (Å²) in [5.41, 5.74) is 1.51. The van der Waals surface area contributed by atoms with E-state index in [1.165, 1.54) is 17.5 Å². The van der Waals surface area contributed by atoms with Crippen molar-refractivity contribution in [2.75, 3.05) is 37.8 Å². The Bertz CT molecular complexity index is 986. The van der Waals surface area contributed by atoms with Gasteiger partial charge in [0.15, 0.2) is 0 Å². The van der Waals surface area contributed by atoms with Gasteiger partial charge in [-0.15, -0.1) is 0 Å². The molecule has 0 radical (unpaired) electrons. The second-order valence-electron chi connectivity index (χ2n) is 7.59. The molecule has 0 bridgehead atoms. The average molecular weight is 448 g/mol. The van der Waals surface area contributed by atoms with Crippen LogP contribution in [0.2, 0.25) is 0 Å². The number of nitrogens with zero attached hydrogens (tertiary/aromatic N) is 3. The molecule has 0 N–H and O–H groups in total. The molecule has 9 heteroatoms. The van der Waals surface area contributed by atoms with Crippen LogP contribution in [-0.2, 0) is 21.2 Å². The van der Waals surface area contributed by atoms with Crippen LogP contribution < -0.4 is 13.8 Å². The minimum Gasteiger partial charge on any atom is -0.496 e. The second kappa shape index (κ2) is 10.00. The van der Waals surface area contributed by atoms with E-state index in [2.05, 4.69) is 4.98 Å². The van der Waals surface area contributed by atoms with Crippen molar-refractivity contribution in [2.45, 2.75) is 31.8 Å². The SMILES string of the molecule is COc1ccccc1CCC(=O)N1CCC(Oc2ccc(N(C)S(C)(=O)=O)cn2)CC1. The van der Waals surface area contributed by atoms with Crippen molar-refractivity contribution in [3.8, 4) is 11.6 Å². The average Bonchev–Trinajstić information content (AvgIpc) is 2.77. The van der Waals surface area contributed by atoms with Gasteiger partial charge in [-0.2, -0.15) is 0 Å². The third-order valence-electron chi connectivity index (χ3n) is 5.46. The lowest BCUT2D eigenvalue weighted by molar-refractivity contribution is -0.132. The van der Waals surface area contributed by atoms with Crippen LogP contribution in [0.5, 0.6) is 11.6 Å². The van der Waals surface area contributed by atoms with Gasteiger partial charge in [-0.05, 0) is 24.1 Å². The van der Waals surface area contributed by atoms with Crippen molar-refractivity contribution < 1.29 is 22.7 Å². The van der Waals surface area contributed by atoms with E-state index in [9.17, 15) is 13.2 Å². The molecule has 1 saturated heterocycles. The third-order valence-corrected chi connectivity index (χ3v) is 6.67. The molecule has 1 aromatic heterocycles. The molecule has 3 rings (SSSR count). The molecule has 0 unspecified atom stereocenters. The number of ether oxygens (including phenoxy) is 2. The van der Waals surface area contributed by atoms with Gasteiger partial charge in [0.1, 0.15) is 11.9 Å². The summed E-state index contributed by atoms with van der Waals surface area (Å²) in [6.45, 7) is 1.29. The largest absolute Gasteiger partial charge is 0.496 e. The zero-order valence-electron chi connectivity index (χ0n) is 18.2. The van der Waals surface area contributed by atoms with Gasteiger partial charge < -0.3 is 14.4 Å². The Morgan fingerprint density at radius 1 is 1.19 bits per heavy atom. The summed E-state index contributed by atoms with van der Waals surface area (Å²) >= 11 is 0. The van der Waals surface area contributed by atoms with Crippen LogP contribution in [-0.4, -0.2) is 63.8 Å². The van der Waals surface area contributed by atoms with Gasteiger partial charge in [-0.1, -0.05) is 18.2 Å². The summed E-state index contributed by atoms with van der Waals surface area (Å²) < 4.78 is 35.7. The van der Waals surface area contributed by atoms with E-state index in [0.717, 1.165) is 30.4 Å². The maximum atomic E-state index is 12.6. The first-order chi connectivity index (χ1) is 14.8. The van der Waals surface area contributed by atoms with Gasteiger partial charge in [0, 0.05) is 45.5 Å². The first-order valence-electron chi connectivity index (χ1n) is 10.2. The number of aromatic nitrogens is 1. The quantitative estimate of drug-likeness (QED) is 0.618. The Labute approximate surface area is 183 Å². The van der Waals surface area contributed by atoms with Crippen molar-refractivity contribution in [2.24, 2.45) is 0 Å². The number of benzene rings is 1. The number of methoxy groups -OCH3 is 1. The molecule has 1 aliphatic heterocycles. The van der Waals surface area contributed by atoms with Crippen molar-refractivity contribution in [1.29, 1.82) is 0 Å². The van der Waals surface area contributed by atoms with E-state index in [0.29, 0.717) is 37.5 Å². The molecule has 0 aliphatic carbocycles. The Balaban J connectivity index is 1.46. The van der Waals surface area contributed by atoms with Crippen LogP contribution in [0.25, 0.3) is 0 Å². The number of likely N-dealkylation sites (tertiary alicyclic amines) is 1. The maximum absolute atomic E-state index is 12.6. The van der Waals surface area contributed by atoms with Crippen LogP contribution in [0.4, 0.5) is 5.69 Å². The minimum absolute atomic E-state index is 0.0238. The summed E-state index contributed by atoms with van der Waals surface area (Å²) in [7, 11) is -0.212. The van der Waals surface area contributed by atoms with Crippen LogP contribution >= 0.6 is 0 Å². The molecule has 2 heterocycles. The minimum atomic E-state index is -3.33. The Morgan fingerprint density at radius 3 is 2.52 bits per heavy atom. The van der Waals surface area contributed by atoms with Gasteiger partial charge in [0.2, 0.25) is 21.8 Å². The topological polar surface area (TPSA) is 89.0 Å². The first-order valence-corrected chi connectivity index (χ1v) is 12.1. The Hall–Kier alpha value is -2.81. The predicted molar refractivity (Wildman–Crippen MR) is 119 cm³/mol. The molecular formula is C22H29N3O5S. The van der Waals surface area contributed by atoms with Gasteiger partial charge in [0.25, 0.3) is 0 Å². The fourth-order valence-corrected chi connectivity index (χ4v) is 4.01. The highest BCUT2D eigenvalue weighted by Crippen LogP contribution is 2.22. The van der Waals surface area contributed by atoms with E-state index in [4.69, 9.17) is 9.47 Å². The highest BCUT2D eigenvalue weighted by atomic mass is 32.2. The molecule has 0 saturated carbocycles. The van der Waals surface area contributed by atoms with Crippen LogP contribution in [0.3, 0.4) is 0 Å². The van der Waals surface area contributed by atoms with Crippen LogP contribution in [0.15, 0.2) is 42.6 Å². The second-order valence-corrected chi connectivity index (χ2v) is 9.61. The number of rotatable bonds is 8. The van der Waals surface area contributed by atoms with Crippen molar-refractivity contribution in [3.05, 3.63) is 48.2 Å². The predicted octanol–water partition coefficient (Wildman–Crippen LogP) is 2.49. The highest BCUT2D eigenvalue weighted by Gasteiger charge is 2.24. The lowest BCUT2D eigenvalue weighted by Crippen LogP contribution is -2.41. The highest BCUT2D eigenvalue weighted by molar-refractivity contribution is 7.92. The number of sulfonamides is 1. The summed E-state index contributed by atoms with van der Waals surface area (Å²) in [6.07, 6.45) is 5.15. The summed E-state index contributed by atoms with van der Waals surface area (Å²) in [5, 5.41) is 0. The van der Waals surface area contributed by atoms with E-state index in [1.54, 1.807) is 19.2 Å². The van der Waals surface area contributed by atoms with Gasteiger partial charge in [-0.25, -0.2) is 13.4 Å². The molecule has 1 aromatic carbocycles. The molecule has 31 heavy (non-hydrogen) atoms. The van der Waals surface area contributed by atoms with Gasteiger partial charge >= 0.3 is 0 Å². The van der Waals surface area contributed by atoms with Crippen molar-refractivity contribution >= 4 is 21.6 Å². The lowest BCUT2D eigenvalue weighted by atomic mass is 10.0. The maximum Gasteiger partial charge on any atom is 0.232 e. The number of hydrogen-bond acceptors (Lipinski definition) is 6. The van der Waals surface area contributed by atoms with E-state index in [-0.39, 0.29) is 12.0 Å². The first kappa shape index (κ1) is 22.9. The smallest absolute Gasteiger partial charge is 0.232 e. The van der Waals surface area contributed by atoms with E-state index in [1.807, 2.05) is 29.2 Å². The van der Waals surface area contributed by atoms with E-state index >= 15 is 0 Å². The number of amides is 1. The van der Waals surface area contributed by atoms with Crippen molar-refractivity contribution in [1.82, 2.24) is 9.88 Å². The number of carbonyl (C=O) groups is 1. The number of piperidine rings is 1. The van der Waals surface area contributed by atoms with Gasteiger partial charge in [-0.3, -0.25) is 9.10 Å². The van der Waals surface area contributed by atoms with Crippen LogP contribution in [0.1, 0.15) is 24.8 Å². The number of carbonyl (C=O) groups excluding carboxylic acids is 1. The molecule has 1 amide bonds. The van der Waals surface area contributed by atoms with Crippen molar-refractivity contribution in [3.63, 3.8) is 0 Å². The molecule has 1 fully saturated rings. The number of pyridine rings is 1.